The van der Waals surface area contributed by atoms with Gasteiger partial charge in [0.25, 0.3) is 0 Å². The zero-order chi connectivity index (χ0) is 12.7. The molecule has 0 spiro atoms. The Morgan fingerprint density at radius 2 is 1.88 bits per heavy atom. The van der Waals surface area contributed by atoms with Crippen molar-refractivity contribution in [2.45, 2.75) is 64.8 Å². The van der Waals surface area contributed by atoms with E-state index in [-0.39, 0.29) is 0 Å². The van der Waals surface area contributed by atoms with Crippen LogP contribution < -0.4 is 0 Å². The van der Waals surface area contributed by atoms with E-state index in [0.717, 1.165) is 30.8 Å². The van der Waals surface area contributed by atoms with Crippen LogP contribution in [0.2, 0.25) is 0 Å². The monoisotopic (exact) mass is 241 g/mol. The van der Waals surface area contributed by atoms with Crippen LogP contribution in [0.4, 0.5) is 0 Å². The molecule has 1 N–H and O–H groups in total. The van der Waals surface area contributed by atoms with Crippen LogP contribution >= 0.6 is 0 Å². The second-order valence-corrected chi connectivity index (χ2v) is 6.15. The highest BCUT2D eigenvalue weighted by Gasteiger charge is 2.27. The van der Waals surface area contributed by atoms with Gasteiger partial charge in [-0.3, -0.25) is 0 Å². The Hall–Kier alpha value is -0.0800. The van der Waals surface area contributed by atoms with Gasteiger partial charge in [-0.25, -0.2) is 0 Å². The molecule has 1 aliphatic carbocycles. The SMILES string of the molecule is CC(C)CC1CCCCCC1N(C)CCCO. The Morgan fingerprint density at radius 3 is 2.53 bits per heavy atom. The molecule has 2 nitrogen and oxygen atoms in total. The molecule has 2 unspecified atom stereocenters. The Morgan fingerprint density at radius 1 is 1.18 bits per heavy atom. The number of hydrogen-bond acceptors (Lipinski definition) is 2. The molecular weight excluding hydrogens is 210 g/mol. The van der Waals surface area contributed by atoms with E-state index in [9.17, 15) is 0 Å². The average Bonchev–Trinajstić information content (AvgIpc) is 2.50. The summed E-state index contributed by atoms with van der Waals surface area (Å²) in [4.78, 5) is 2.51. The van der Waals surface area contributed by atoms with Crippen molar-refractivity contribution in [3.63, 3.8) is 0 Å². The van der Waals surface area contributed by atoms with Gasteiger partial charge in [-0.1, -0.05) is 33.1 Å². The lowest BCUT2D eigenvalue weighted by Crippen LogP contribution is -2.38. The van der Waals surface area contributed by atoms with Gasteiger partial charge in [-0.15, -0.1) is 0 Å². The first-order valence-corrected chi connectivity index (χ1v) is 7.46. The van der Waals surface area contributed by atoms with Gasteiger partial charge in [0.05, 0.1) is 0 Å². The molecule has 0 saturated heterocycles. The van der Waals surface area contributed by atoms with Crippen LogP contribution in [0.3, 0.4) is 0 Å². The zero-order valence-corrected chi connectivity index (χ0v) is 12.0. The summed E-state index contributed by atoms with van der Waals surface area (Å²) in [5, 5.41) is 8.95. The second-order valence-electron chi connectivity index (χ2n) is 6.15. The van der Waals surface area contributed by atoms with Crippen LogP contribution in [0.5, 0.6) is 0 Å². The smallest absolute Gasteiger partial charge is 0.0443 e. The van der Waals surface area contributed by atoms with Crippen molar-refractivity contribution >= 4 is 0 Å². The van der Waals surface area contributed by atoms with E-state index in [4.69, 9.17) is 5.11 Å². The third kappa shape index (κ3) is 5.39. The molecule has 102 valence electrons. The van der Waals surface area contributed by atoms with Gasteiger partial charge in [0.15, 0.2) is 0 Å². The highest BCUT2D eigenvalue weighted by Crippen LogP contribution is 2.31. The minimum Gasteiger partial charge on any atom is -0.396 e. The molecule has 0 aromatic rings. The van der Waals surface area contributed by atoms with E-state index in [1.54, 1.807) is 0 Å². The number of aliphatic hydroxyl groups is 1. The van der Waals surface area contributed by atoms with Crippen LogP contribution in [0, 0.1) is 11.8 Å². The summed E-state index contributed by atoms with van der Waals surface area (Å²) in [6.45, 7) is 6.06. The standard InChI is InChI=1S/C15H31NO/c1-13(2)12-14-8-5-4-6-9-15(14)16(3)10-7-11-17/h13-15,17H,4-12H2,1-3H3. The van der Waals surface area contributed by atoms with Gasteiger partial charge in [0.2, 0.25) is 0 Å². The van der Waals surface area contributed by atoms with Gasteiger partial charge < -0.3 is 10.0 Å². The van der Waals surface area contributed by atoms with Crippen LogP contribution in [0.15, 0.2) is 0 Å². The fourth-order valence-electron chi connectivity index (χ4n) is 3.31. The van der Waals surface area contributed by atoms with Gasteiger partial charge in [0.1, 0.15) is 0 Å². The molecule has 0 aromatic heterocycles. The molecule has 2 atom stereocenters. The van der Waals surface area contributed by atoms with Crippen molar-refractivity contribution in [3.05, 3.63) is 0 Å². The highest BCUT2D eigenvalue weighted by atomic mass is 16.3. The van der Waals surface area contributed by atoms with Crippen molar-refractivity contribution < 1.29 is 5.11 Å². The lowest BCUT2D eigenvalue weighted by molar-refractivity contribution is 0.137. The summed E-state index contributed by atoms with van der Waals surface area (Å²) in [5.74, 6) is 1.69. The summed E-state index contributed by atoms with van der Waals surface area (Å²) >= 11 is 0. The van der Waals surface area contributed by atoms with Crippen LogP contribution in [0.1, 0.15) is 58.8 Å². The normalized spacial score (nSPS) is 26.5. The van der Waals surface area contributed by atoms with Crippen LogP contribution in [0.25, 0.3) is 0 Å². The first kappa shape index (κ1) is 15.0. The van der Waals surface area contributed by atoms with Gasteiger partial charge >= 0.3 is 0 Å². The van der Waals surface area contributed by atoms with Gasteiger partial charge in [0, 0.05) is 19.2 Å². The maximum absolute atomic E-state index is 8.95. The average molecular weight is 241 g/mol. The molecule has 1 fully saturated rings. The summed E-state index contributed by atoms with van der Waals surface area (Å²) in [7, 11) is 2.25. The van der Waals surface area contributed by atoms with Crippen molar-refractivity contribution in [2.24, 2.45) is 11.8 Å². The topological polar surface area (TPSA) is 23.5 Å². The quantitative estimate of drug-likeness (QED) is 0.721. The predicted molar refractivity (Wildman–Crippen MR) is 74.2 cm³/mol. The Kier molecular flexibility index (Phi) is 7.14. The number of hydrogen-bond donors (Lipinski definition) is 1. The molecule has 1 rings (SSSR count). The van der Waals surface area contributed by atoms with E-state index in [0.29, 0.717) is 6.61 Å². The molecule has 0 bridgehead atoms. The third-order valence-electron chi connectivity index (χ3n) is 4.13. The first-order valence-electron chi connectivity index (χ1n) is 7.46. The molecule has 0 radical (unpaired) electrons. The lowest BCUT2D eigenvalue weighted by Gasteiger charge is -2.34. The fourth-order valence-corrected chi connectivity index (χ4v) is 3.31. The van der Waals surface area contributed by atoms with Crippen molar-refractivity contribution in [1.82, 2.24) is 4.90 Å². The summed E-state index contributed by atoms with van der Waals surface area (Å²) in [6, 6.07) is 0.756. The molecule has 2 heteroatoms. The molecule has 0 aliphatic heterocycles. The van der Waals surface area contributed by atoms with Crippen LogP contribution in [-0.4, -0.2) is 36.2 Å². The number of rotatable bonds is 6. The maximum Gasteiger partial charge on any atom is 0.0443 e. The fraction of sp³-hybridized carbons (Fsp3) is 1.00. The van der Waals surface area contributed by atoms with Crippen molar-refractivity contribution in [2.75, 3.05) is 20.2 Å². The van der Waals surface area contributed by atoms with Crippen molar-refractivity contribution in [3.8, 4) is 0 Å². The third-order valence-corrected chi connectivity index (χ3v) is 4.13. The van der Waals surface area contributed by atoms with E-state index >= 15 is 0 Å². The summed E-state index contributed by atoms with van der Waals surface area (Å²) < 4.78 is 0. The minimum absolute atomic E-state index is 0.325. The lowest BCUT2D eigenvalue weighted by atomic mass is 9.86. The molecule has 1 saturated carbocycles. The Labute approximate surface area is 107 Å². The number of nitrogens with zero attached hydrogens (tertiary/aromatic N) is 1. The minimum atomic E-state index is 0.325. The van der Waals surface area contributed by atoms with Crippen molar-refractivity contribution in [1.29, 1.82) is 0 Å². The van der Waals surface area contributed by atoms with E-state index < -0.39 is 0 Å². The molecule has 1 aliphatic rings. The van der Waals surface area contributed by atoms with E-state index in [1.807, 2.05) is 0 Å². The first-order chi connectivity index (χ1) is 8.15. The molecule has 0 aromatic carbocycles. The molecule has 17 heavy (non-hydrogen) atoms. The van der Waals surface area contributed by atoms with E-state index in [1.165, 1.54) is 38.5 Å². The summed E-state index contributed by atoms with van der Waals surface area (Å²) in [6.07, 6.45) is 9.28. The van der Waals surface area contributed by atoms with Gasteiger partial charge in [-0.2, -0.15) is 0 Å². The predicted octanol–water partition coefficient (Wildman–Crippen LogP) is 3.30. The van der Waals surface area contributed by atoms with Crippen LogP contribution in [-0.2, 0) is 0 Å². The Balaban J connectivity index is 2.54. The molecule has 0 heterocycles. The van der Waals surface area contributed by atoms with Gasteiger partial charge in [-0.05, 0) is 44.6 Å². The Bertz CT molecular complexity index is 193. The highest BCUT2D eigenvalue weighted by molar-refractivity contribution is 4.81. The summed E-state index contributed by atoms with van der Waals surface area (Å²) in [5.41, 5.74) is 0. The molecular formula is C15H31NO. The maximum atomic E-state index is 8.95. The molecule has 0 amide bonds. The second kappa shape index (κ2) is 8.10. The largest absolute Gasteiger partial charge is 0.396 e. The zero-order valence-electron chi connectivity index (χ0n) is 12.0. The number of aliphatic hydroxyl groups excluding tert-OH is 1. The van der Waals surface area contributed by atoms with E-state index in [2.05, 4.69) is 25.8 Å².